The maximum atomic E-state index is 4.71. The number of anilines is 4. The number of benzene rings is 1. The van der Waals surface area contributed by atoms with Crippen LogP contribution in [0.1, 0.15) is 38.3 Å². The Hall–Kier alpha value is -3.09. The van der Waals surface area contributed by atoms with Gasteiger partial charge < -0.3 is 26.2 Å². The Morgan fingerprint density at radius 1 is 1.28 bits per heavy atom. The van der Waals surface area contributed by atoms with E-state index in [-0.39, 0.29) is 0 Å². The molecule has 1 atom stereocenters. The highest BCUT2D eigenvalue weighted by molar-refractivity contribution is 5.70. The van der Waals surface area contributed by atoms with E-state index in [0.29, 0.717) is 29.8 Å². The number of hydrogen-bond donors (Lipinski definition) is 4. The fraction of sp³-hybridized carbons (Fsp3) is 0.500. The molecule has 32 heavy (non-hydrogen) atoms. The largest absolute Gasteiger partial charge is 0.379 e. The van der Waals surface area contributed by atoms with Crippen molar-refractivity contribution in [3.05, 3.63) is 41.6 Å². The zero-order chi connectivity index (χ0) is 23.1. The van der Waals surface area contributed by atoms with Crippen LogP contribution in [0.2, 0.25) is 0 Å². The quantitative estimate of drug-likeness (QED) is 0.421. The third kappa shape index (κ3) is 6.22. The number of nitrogens with one attached hydrogen (secondary N) is 4. The molecule has 0 aliphatic carbocycles. The van der Waals surface area contributed by atoms with E-state index in [2.05, 4.69) is 94.3 Å². The number of aryl methyl sites for hydroxylation is 1. The van der Waals surface area contributed by atoms with Crippen molar-refractivity contribution in [2.75, 3.05) is 48.8 Å². The Balaban J connectivity index is 1.92. The summed E-state index contributed by atoms with van der Waals surface area (Å²) in [6, 6.07) is 6.52. The lowest BCUT2D eigenvalue weighted by molar-refractivity contribution is 0.629. The van der Waals surface area contributed by atoms with Crippen LogP contribution in [0.5, 0.6) is 0 Å². The molecule has 0 amide bonds. The van der Waals surface area contributed by atoms with Gasteiger partial charge in [-0.1, -0.05) is 32.6 Å². The van der Waals surface area contributed by atoms with Crippen molar-refractivity contribution in [1.29, 1.82) is 0 Å². The summed E-state index contributed by atoms with van der Waals surface area (Å²) < 4.78 is 0. The number of rotatable bonds is 10. The summed E-state index contributed by atoms with van der Waals surface area (Å²) in [6.07, 6.45) is 1.05. The van der Waals surface area contributed by atoms with Crippen LogP contribution in [-0.4, -0.2) is 54.2 Å². The fourth-order valence-corrected chi connectivity index (χ4v) is 3.72. The van der Waals surface area contributed by atoms with Crippen molar-refractivity contribution in [2.24, 2.45) is 5.92 Å². The van der Waals surface area contributed by atoms with Crippen LogP contribution in [-0.2, 0) is 0 Å². The molecule has 0 bridgehead atoms. The van der Waals surface area contributed by atoms with Gasteiger partial charge in [0.2, 0.25) is 17.8 Å². The molecule has 1 saturated heterocycles. The maximum Gasteiger partial charge on any atom is 0.233 e. The van der Waals surface area contributed by atoms with E-state index in [1.165, 1.54) is 0 Å². The molecule has 8 nitrogen and oxygen atoms in total. The Morgan fingerprint density at radius 2 is 2.06 bits per heavy atom. The molecular formula is C24H36N8. The van der Waals surface area contributed by atoms with Gasteiger partial charge in [0.15, 0.2) is 0 Å². The maximum absolute atomic E-state index is 4.71. The van der Waals surface area contributed by atoms with E-state index in [1.54, 1.807) is 0 Å². The predicted octanol–water partition coefficient (Wildman–Crippen LogP) is 3.52. The number of nitrogens with zero attached hydrogens (tertiary/aromatic N) is 4. The third-order valence-electron chi connectivity index (χ3n) is 5.30. The summed E-state index contributed by atoms with van der Waals surface area (Å²) >= 11 is 0. The number of hydrogen-bond acceptors (Lipinski definition) is 8. The lowest BCUT2D eigenvalue weighted by Crippen LogP contribution is -2.27. The standard InChI is InChI=1S/C24H36N8/c1-7-20(26-8-2)18-10-9-17(5)21(13-18)28-23-29-22(27-19-11-12-25-14-19)30-24(31-23)32(6)15-16(3)4/h9-10,13,16,19,25-26H,1,8,11-12,14-15H2,2-6H3,(H2,27,28,29,30,31)/t19-/m1/s1. The Bertz CT molecular complexity index is 958. The first-order chi connectivity index (χ1) is 15.4. The van der Waals surface area contributed by atoms with Crippen LogP contribution >= 0.6 is 0 Å². The molecule has 0 unspecified atom stereocenters. The van der Waals surface area contributed by atoms with Gasteiger partial charge in [-0.05, 0) is 44.4 Å². The third-order valence-corrected chi connectivity index (χ3v) is 5.30. The normalized spacial score (nSPS) is 15.4. The Kier molecular flexibility index (Phi) is 8.09. The molecule has 4 N–H and O–H groups in total. The van der Waals surface area contributed by atoms with Crippen molar-refractivity contribution >= 4 is 29.2 Å². The van der Waals surface area contributed by atoms with Crippen LogP contribution in [0.25, 0.3) is 5.70 Å². The van der Waals surface area contributed by atoms with Gasteiger partial charge in [-0.2, -0.15) is 15.0 Å². The second-order valence-corrected chi connectivity index (χ2v) is 8.63. The lowest BCUT2D eigenvalue weighted by atomic mass is 10.1. The minimum Gasteiger partial charge on any atom is -0.379 e. The Morgan fingerprint density at radius 3 is 2.72 bits per heavy atom. The monoisotopic (exact) mass is 436 g/mol. The van der Waals surface area contributed by atoms with E-state index in [0.717, 1.165) is 55.1 Å². The summed E-state index contributed by atoms with van der Waals surface area (Å²) in [5.41, 5.74) is 6.90. The molecule has 0 spiro atoms. The SMILES string of the molecule is C=C=C(NCC)c1ccc(C)c(Nc2nc(N[C@@H]3CCNC3)nc(N(C)CC(C)C)n2)c1. The van der Waals surface area contributed by atoms with Crippen molar-refractivity contribution in [1.82, 2.24) is 25.6 Å². The molecule has 1 aliphatic rings. The molecule has 3 rings (SSSR count). The molecule has 0 saturated carbocycles. The topological polar surface area (TPSA) is 90.0 Å². The van der Waals surface area contributed by atoms with Crippen LogP contribution in [0.15, 0.2) is 30.5 Å². The van der Waals surface area contributed by atoms with Crippen LogP contribution in [0, 0.1) is 12.8 Å². The summed E-state index contributed by atoms with van der Waals surface area (Å²) in [4.78, 5) is 16.2. The molecular weight excluding hydrogens is 400 g/mol. The van der Waals surface area contributed by atoms with E-state index in [9.17, 15) is 0 Å². The second kappa shape index (κ2) is 11.0. The Labute approximate surface area is 191 Å². The van der Waals surface area contributed by atoms with E-state index in [1.807, 2.05) is 7.05 Å². The summed E-state index contributed by atoms with van der Waals surface area (Å²) in [6.45, 7) is 15.9. The van der Waals surface area contributed by atoms with Crippen LogP contribution in [0.4, 0.5) is 23.5 Å². The van der Waals surface area contributed by atoms with E-state index in [4.69, 9.17) is 4.98 Å². The van der Waals surface area contributed by atoms with Gasteiger partial charge >= 0.3 is 0 Å². The predicted molar refractivity (Wildman–Crippen MR) is 134 cm³/mol. The van der Waals surface area contributed by atoms with Crippen LogP contribution in [0.3, 0.4) is 0 Å². The molecule has 2 aromatic rings. The minimum absolute atomic E-state index is 0.318. The van der Waals surface area contributed by atoms with Crippen molar-refractivity contribution in [3.63, 3.8) is 0 Å². The van der Waals surface area contributed by atoms with Gasteiger partial charge in [-0.15, -0.1) is 5.73 Å². The van der Waals surface area contributed by atoms with Gasteiger partial charge in [0.05, 0.1) is 5.70 Å². The average Bonchev–Trinajstić information content (AvgIpc) is 3.26. The molecule has 0 radical (unpaired) electrons. The molecule has 1 aliphatic heterocycles. The van der Waals surface area contributed by atoms with Gasteiger partial charge in [0.25, 0.3) is 0 Å². The first-order valence-electron chi connectivity index (χ1n) is 11.4. The zero-order valence-corrected chi connectivity index (χ0v) is 19.9. The summed E-state index contributed by atoms with van der Waals surface area (Å²) in [7, 11) is 2.02. The fourth-order valence-electron chi connectivity index (χ4n) is 3.72. The minimum atomic E-state index is 0.318. The first-order valence-corrected chi connectivity index (χ1v) is 11.4. The van der Waals surface area contributed by atoms with Gasteiger partial charge in [0.1, 0.15) is 0 Å². The van der Waals surface area contributed by atoms with Gasteiger partial charge in [0, 0.05) is 44.0 Å². The summed E-state index contributed by atoms with van der Waals surface area (Å²) in [5, 5.41) is 13.5. The number of aromatic nitrogens is 3. The van der Waals surface area contributed by atoms with E-state index >= 15 is 0 Å². The van der Waals surface area contributed by atoms with Crippen LogP contribution < -0.4 is 26.2 Å². The lowest BCUT2D eigenvalue weighted by Gasteiger charge is -2.21. The van der Waals surface area contributed by atoms with Crippen molar-refractivity contribution in [3.8, 4) is 0 Å². The molecule has 1 fully saturated rings. The molecule has 8 heteroatoms. The van der Waals surface area contributed by atoms with Gasteiger partial charge in [-0.25, -0.2) is 0 Å². The first kappa shape index (κ1) is 23.6. The second-order valence-electron chi connectivity index (χ2n) is 8.63. The highest BCUT2D eigenvalue weighted by Gasteiger charge is 2.18. The zero-order valence-electron chi connectivity index (χ0n) is 19.9. The highest BCUT2D eigenvalue weighted by Crippen LogP contribution is 2.24. The molecule has 1 aromatic heterocycles. The molecule has 172 valence electrons. The van der Waals surface area contributed by atoms with E-state index < -0.39 is 0 Å². The summed E-state index contributed by atoms with van der Waals surface area (Å²) in [5.74, 6) is 2.26. The smallest absolute Gasteiger partial charge is 0.233 e. The molecule has 2 heterocycles. The van der Waals surface area contributed by atoms with Gasteiger partial charge in [-0.3, -0.25) is 0 Å². The van der Waals surface area contributed by atoms with Crippen molar-refractivity contribution in [2.45, 2.75) is 40.2 Å². The van der Waals surface area contributed by atoms with Crippen molar-refractivity contribution < 1.29 is 0 Å². The highest BCUT2D eigenvalue weighted by atomic mass is 15.3. The molecule has 1 aromatic carbocycles. The average molecular weight is 437 g/mol.